The molecule has 4 nitrogen and oxygen atoms in total. The maximum atomic E-state index is 11.1. The fourth-order valence-electron chi connectivity index (χ4n) is 1.11. The van der Waals surface area contributed by atoms with Crippen LogP contribution >= 0.6 is 0 Å². The standard InChI is InChI=1S/C11H13N3O/c1-8-4-2-3-5-9(8)6-7-10(15)14-11(12)13/h2-7H,1H3,(H4,12,13,14,15)/b7-6+. The number of carbonyl (C=O) groups is 1. The van der Waals surface area contributed by atoms with Crippen molar-refractivity contribution < 1.29 is 4.79 Å². The summed E-state index contributed by atoms with van der Waals surface area (Å²) in [5.41, 5.74) is 7.07. The van der Waals surface area contributed by atoms with Crippen LogP contribution in [-0.4, -0.2) is 11.9 Å². The summed E-state index contributed by atoms with van der Waals surface area (Å²) in [6, 6.07) is 7.70. The number of benzene rings is 1. The normalized spacial score (nSPS) is 10.2. The highest BCUT2D eigenvalue weighted by Gasteiger charge is 1.96. The van der Waals surface area contributed by atoms with Crippen LogP contribution in [0.4, 0.5) is 0 Å². The van der Waals surface area contributed by atoms with Crippen molar-refractivity contribution in [3.8, 4) is 0 Å². The largest absolute Gasteiger partial charge is 0.370 e. The Labute approximate surface area is 88.3 Å². The molecule has 4 N–H and O–H groups in total. The highest BCUT2D eigenvalue weighted by molar-refractivity contribution is 6.02. The Balaban J connectivity index is 2.70. The van der Waals surface area contributed by atoms with E-state index in [9.17, 15) is 4.79 Å². The second-order valence-corrected chi connectivity index (χ2v) is 3.09. The van der Waals surface area contributed by atoms with Gasteiger partial charge in [0.2, 0.25) is 0 Å². The molecule has 0 saturated carbocycles. The predicted molar refractivity (Wildman–Crippen MR) is 60.3 cm³/mol. The van der Waals surface area contributed by atoms with Gasteiger partial charge in [-0.2, -0.15) is 0 Å². The van der Waals surface area contributed by atoms with E-state index in [1.54, 1.807) is 6.08 Å². The first kappa shape index (κ1) is 11.0. The van der Waals surface area contributed by atoms with Gasteiger partial charge in [-0.15, -0.1) is 0 Å². The maximum Gasteiger partial charge on any atom is 0.250 e. The number of rotatable bonds is 2. The van der Waals surface area contributed by atoms with Gasteiger partial charge in [-0.3, -0.25) is 15.5 Å². The molecule has 0 aliphatic carbocycles. The van der Waals surface area contributed by atoms with E-state index in [1.807, 2.05) is 31.2 Å². The van der Waals surface area contributed by atoms with E-state index in [2.05, 4.69) is 5.32 Å². The molecule has 1 rings (SSSR count). The monoisotopic (exact) mass is 203 g/mol. The summed E-state index contributed by atoms with van der Waals surface area (Å²) < 4.78 is 0. The summed E-state index contributed by atoms with van der Waals surface area (Å²) in [6.45, 7) is 1.96. The Hall–Kier alpha value is -2.10. The SMILES string of the molecule is Cc1ccccc1/C=C/C(=O)NC(=N)N. The molecule has 1 aromatic rings. The molecule has 0 spiro atoms. The van der Waals surface area contributed by atoms with E-state index in [-0.39, 0.29) is 5.96 Å². The molecule has 1 amide bonds. The summed E-state index contributed by atoms with van der Waals surface area (Å²) in [6.07, 6.45) is 3.04. The van der Waals surface area contributed by atoms with E-state index < -0.39 is 5.91 Å². The van der Waals surface area contributed by atoms with Gasteiger partial charge in [-0.1, -0.05) is 24.3 Å². The lowest BCUT2D eigenvalue weighted by Gasteiger charge is -1.99. The minimum atomic E-state index is -0.397. The average Bonchev–Trinajstić information content (AvgIpc) is 2.15. The molecule has 15 heavy (non-hydrogen) atoms. The van der Waals surface area contributed by atoms with Crippen molar-refractivity contribution in [2.24, 2.45) is 5.73 Å². The molecule has 0 aromatic heterocycles. The van der Waals surface area contributed by atoms with Crippen LogP contribution in [-0.2, 0) is 4.79 Å². The Bertz CT molecular complexity index is 410. The fraction of sp³-hybridized carbons (Fsp3) is 0.0909. The van der Waals surface area contributed by atoms with Gasteiger partial charge in [0, 0.05) is 6.08 Å². The second kappa shape index (κ2) is 4.95. The quantitative estimate of drug-likeness (QED) is 0.381. The van der Waals surface area contributed by atoms with Gasteiger partial charge < -0.3 is 5.73 Å². The van der Waals surface area contributed by atoms with Gasteiger partial charge in [-0.05, 0) is 24.1 Å². The zero-order valence-electron chi connectivity index (χ0n) is 8.45. The highest BCUT2D eigenvalue weighted by atomic mass is 16.1. The van der Waals surface area contributed by atoms with Gasteiger partial charge in [0.1, 0.15) is 0 Å². The van der Waals surface area contributed by atoms with Crippen molar-refractivity contribution >= 4 is 17.9 Å². The number of amides is 1. The van der Waals surface area contributed by atoms with E-state index in [1.165, 1.54) is 6.08 Å². The number of nitrogens with one attached hydrogen (secondary N) is 2. The Morgan fingerprint density at radius 3 is 2.73 bits per heavy atom. The third kappa shape index (κ3) is 3.64. The molecule has 0 aliphatic rings. The average molecular weight is 203 g/mol. The Kier molecular flexibility index (Phi) is 3.62. The zero-order valence-corrected chi connectivity index (χ0v) is 8.45. The van der Waals surface area contributed by atoms with Gasteiger partial charge in [0.05, 0.1) is 0 Å². The van der Waals surface area contributed by atoms with Crippen LogP contribution in [0.2, 0.25) is 0 Å². The molecule has 0 saturated heterocycles. The zero-order chi connectivity index (χ0) is 11.3. The van der Waals surface area contributed by atoms with Crippen molar-refractivity contribution in [2.75, 3.05) is 0 Å². The van der Waals surface area contributed by atoms with Crippen LogP contribution in [0, 0.1) is 12.3 Å². The molecule has 0 heterocycles. The molecule has 0 atom stereocenters. The van der Waals surface area contributed by atoms with Gasteiger partial charge in [-0.25, -0.2) is 0 Å². The maximum absolute atomic E-state index is 11.1. The summed E-state index contributed by atoms with van der Waals surface area (Å²) in [5, 5.41) is 9.03. The molecule has 0 radical (unpaired) electrons. The third-order valence-corrected chi connectivity index (χ3v) is 1.86. The molecule has 0 unspecified atom stereocenters. The lowest BCUT2D eigenvalue weighted by molar-refractivity contribution is -0.115. The number of carbonyl (C=O) groups excluding carboxylic acids is 1. The number of nitrogens with two attached hydrogens (primary N) is 1. The van der Waals surface area contributed by atoms with Crippen molar-refractivity contribution in [1.29, 1.82) is 5.41 Å². The molecule has 0 aliphatic heterocycles. The third-order valence-electron chi connectivity index (χ3n) is 1.86. The topological polar surface area (TPSA) is 79.0 Å². The van der Waals surface area contributed by atoms with Crippen LogP contribution in [0.3, 0.4) is 0 Å². The molecular weight excluding hydrogens is 190 g/mol. The molecule has 1 aromatic carbocycles. The number of hydrogen-bond donors (Lipinski definition) is 3. The lowest BCUT2D eigenvalue weighted by Crippen LogP contribution is -2.34. The summed E-state index contributed by atoms with van der Waals surface area (Å²) >= 11 is 0. The van der Waals surface area contributed by atoms with Gasteiger partial charge in [0.25, 0.3) is 5.91 Å². The minimum Gasteiger partial charge on any atom is -0.370 e. The number of guanidine groups is 1. The minimum absolute atomic E-state index is 0.352. The van der Waals surface area contributed by atoms with Crippen molar-refractivity contribution in [3.05, 3.63) is 41.5 Å². The predicted octanol–water partition coefficient (Wildman–Crippen LogP) is 1.02. The first-order chi connectivity index (χ1) is 7.09. The molecule has 0 bridgehead atoms. The Morgan fingerprint density at radius 1 is 1.47 bits per heavy atom. The summed E-state index contributed by atoms with van der Waals surface area (Å²) in [4.78, 5) is 11.1. The van der Waals surface area contributed by atoms with Crippen molar-refractivity contribution in [2.45, 2.75) is 6.92 Å². The fourth-order valence-corrected chi connectivity index (χ4v) is 1.11. The highest BCUT2D eigenvalue weighted by Crippen LogP contribution is 2.08. The second-order valence-electron chi connectivity index (χ2n) is 3.09. The van der Waals surface area contributed by atoms with E-state index >= 15 is 0 Å². The summed E-state index contributed by atoms with van der Waals surface area (Å²) in [7, 11) is 0. The summed E-state index contributed by atoms with van der Waals surface area (Å²) in [5.74, 6) is -0.750. The van der Waals surface area contributed by atoms with E-state index in [0.717, 1.165) is 11.1 Å². The van der Waals surface area contributed by atoms with Gasteiger partial charge in [0.15, 0.2) is 5.96 Å². The molecular formula is C11H13N3O. The first-order valence-corrected chi connectivity index (χ1v) is 4.48. The number of aryl methyl sites for hydroxylation is 1. The first-order valence-electron chi connectivity index (χ1n) is 4.48. The smallest absolute Gasteiger partial charge is 0.250 e. The number of hydrogen-bond acceptors (Lipinski definition) is 2. The molecule has 78 valence electrons. The lowest BCUT2D eigenvalue weighted by atomic mass is 10.1. The Morgan fingerprint density at radius 2 is 2.13 bits per heavy atom. The van der Waals surface area contributed by atoms with Crippen LogP contribution in [0.1, 0.15) is 11.1 Å². The van der Waals surface area contributed by atoms with Crippen LogP contribution in [0.25, 0.3) is 6.08 Å². The van der Waals surface area contributed by atoms with Crippen molar-refractivity contribution in [1.82, 2.24) is 5.32 Å². The van der Waals surface area contributed by atoms with Crippen LogP contribution in [0.15, 0.2) is 30.3 Å². The van der Waals surface area contributed by atoms with E-state index in [0.29, 0.717) is 0 Å². The molecule has 4 heteroatoms. The van der Waals surface area contributed by atoms with Crippen LogP contribution in [0.5, 0.6) is 0 Å². The van der Waals surface area contributed by atoms with Crippen LogP contribution < -0.4 is 11.1 Å². The molecule has 0 fully saturated rings. The van der Waals surface area contributed by atoms with Crippen molar-refractivity contribution in [3.63, 3.8) is 0 Å². The van der Waals surface area contributed by atoms with Gasteiger partial charge >= 0.3 is 0 Å². The van der Waals surface area contributed by atoms with E-state index in [4.69, 9.17) is 11.1 Å².